The van der Waals surface area contributed by atoms with Crippen molar-refractivity contribution >= 4 is 7.82 Å². The zero-order chi connectivity index (χ0) is 28.0. The van der Waals surface area contributed by atoms with E-state index in [2.05, 4.69) is 18.4 Å². The van der Waals surface area contributed by atoms with Crippen LogP contribution in [0.1, 0.15) is 168 Å². The monoisotopic (exact) mass is 608 g/mol. The van der Waals surface area contributed by atoms with Crippen molar-refractivity contribution in [3.8, 4) is 0 Å². The van der Waals surface area contributed by atoms with Crippen molar-refractivity contribution in [2.75, 3.05) is 26.4 Å². The van der Waals surface area contributed by atoms with E-state index in [1.54, 1.807) is 0 Å². The summed E-state index contributed by atoms with van der Waals surface area (Å²) >= 11 is 0. The van der Waals surface area contributed by atoms with Crippen molar-refractivity contribution < 1.29 is 87.5 Å². The van der Waals surface area contributed by atoms with E-state index in [0.29, 0.717) is 13.2 Å². The summed E-state index contributed by atoms with van der Waals surface area (Å²) in [6, 6.07) is 0. The van der Waals surface area contributed by atoms with Gasteiger partial charge >= 0.3 is 59.1 Å². The average Bonchev–Trinajstić information content (AvgIpc) is 2.89. The summed E-state index contributed by atoms with van der Waals surface area (Å²) in [4.78, 5) is 21.8. The number of ether oxygens (including phenoxy) is 2. The van der Waals surface area contributed by atoms with Gasteiger partial charge in [-0.3, -0.25) is 0 Å². The Kier molecular flexibility index (Phi) is 43.2. The zero-order valence-electron chi connectivity index (χ0n) is 27.3. The van der Waals surface area contributed by atoms with Crippen LogP contribution in [0.2, 0.25) is 0 Å². The Balaban J connectivity index is -0.00000684. The minimum Gasteiger partial charge on any atom is -0.790 e. The standard InChI is InChI=1S/C31H65O6P.2Na/c1-3-5-7-9-11-13-15-16-18-20-22-24-26-28-36-31(30-37-38(32,33)34)29-35-27-25-23-21-19-17-14-12-10-8-6-4-2;;/h31H,3-30H2,1-2H3,(H2,32,33,34);;/q;2*+1/p-2/t31-;;/m0../s1. The molecule has 0 rings (SSSR count). The first-order chi connectivity index (χ1) is 18.5. The summed E-state index contributed by atoms with van der Waals surface area (Å²) in [5.74, 6) is 0. The van der Waals surface area contributed by atoms with Gasteiger partial charge in [0.05, 0.1) is 21.0 Å². The predicted molar refractivity (Wildman–Crippen MR) is 156 cm³/mol. The van der Waals surface area contributed by atoms with Gasteiger partial charge in [0, 0.05) is 13.2 Å². The van der Waals surface area contributed by atoms with Crippen LogP contribution in [0.15, 0.2) is 0 Å². The van der Waals surface area contributed by atoms with Crippen LogP contribution in [0.4, 0.5) is 0 Å². The van der Waals surface area contributed by atoms with Gasteiger partial charge in [0.2, 0.25) is 0 Å². The number of hydrogen-bond donors (Lipinski definition) is 0. The Morgan fingerprint density at radius 2 is 0.825 bits per heavy atom. The third kappa shape index (κ3) is 40.0. The molecule has 0 aliphatic carbocycles. The molecule has 0 unspecified atom stereocenters. The molecule has 9 heteroatoms. The number of hydrogen-bond acceptors (Lipinski definition) is 6. The summed E-state index contributed by atoms with van der Waals surface area (Å²) in [6.07, 6.45) is 30.4. The van der Waals surface area contributed by atoms with Crippen molar-refractivity contribution in [2.24, 2.45) is 0 Å². The molecule has 40 heavy (non-hydrogen) atoms. The van der Waals surface area contributed by atoms with Gasteiger partial charge in [-0.05, 0) is 12.8 Å². The molecular formula is C31H63Na2O6P. The zero-order valence-corrected chi connectivity index (χ0v) is 32.2. The molecule has 0 aliphatic heterocycles. The SMILES string of the molecule is CCCCCCCCCCCCCCCO[C@@H](COCCCCCCCCCCCCC)COP(=O)([O-])[O-].[Na+].[Na+]. The molecule has 0 heterocycles. The van der Waals surface area contributed by atoms with E-state index < -0.39 is 13.9 Å². The van der Waals surface area contributed by atoms with Crippen molar-refractivity contribution in [3.05, 3.63) is 0 Å². The van der Waals surface area contributed by atoms with Gasteiger partial charge in [0.15, 0.2) is 0 Å². The second-order valence-corrected chi connectivity index (χ2v) is 12.2. The quantitative estimate of drug-likeness (QED) is 0.0663. The van der Waals surface area contributed by atoms with Gasteiger partial charge < -0.3 is 28.3 Å². The molecule has 0 aromatic rings. The minimum atomic E-state index is -5.00. The molecule has 6 nitrogen and oxygen atoms in total. The smallest absolute Gasteiger partial charge is 0.790 e. The molecular weight excluding hydrogens is 545 g/mol. The number of phosphoric ester groups is 1. The van der Waals surface area contributed by atoms with Gasteiger partial charge in [-0.15, -0.1) is 0 Å². The normalized spacial score (nSPS) is 12.2. The van der Waals surface area contributed by atoms with E-state index in [4.69, 9.17) is 9.47 Å². The first kappa shape index (κ1) is 46.4. The molecule has 1 atom stereocenters. The summed E-state index contributed by atoms with van der Waals surface area (Å²) in [5, 5.41) is 0. The van der Waals surface area contributed by atoms with E-state index >= 15 is 0 Å². The maximum absolute atomic E-state index is 10.9. The summed E-state index contributed by atoms with van der Waals surface area (Å²) in [6.45, 7) is 5.67. The Hall–Kier alpha value is 2.03. The molecule has 0 spiro atoms. The second kappa shape index (κ2) is 37.2. The average molecular weight is 609 g/mol. The van der Waals surface area contributed by atoms with Gasteiger partial charge in [-0.2, -0.15) is 0 Å². The summed E-state index contributed by atoms with van der Waals surface area (Å²) in [7, 11) is -5.00. The van der Waals surface area contributed by atoms with E-state index in [9.17, 15) is 14.4 Å². The third-order valence-corrected chi connectivity index (χ3v) is 7.68. The molecule has 230 valence electrons. The molecule has 0 N–H and O–H groups in total. The van der Waals surface area contributed by atoms with E-state index in [0.717, 1.165) is 25.7 Å². The molecule has 0 saturated heterocycles. The maximum atomic E-state index is 10.9. The molecule has 0 amide bonds. The van der Waals surface area contributed by atoms with E-state index in [1.165, 1.54) is 128 Å². The number of rotatable bonds is 32. The van der Waals surface area contributed by atoms with Crippen molar-refractivity contribution in [2.45, 2.75) is 174 Å². The molecule has 0 fully saturated rings. The Labute approximate surface area is 293 Å². The third-order valence-electron chi connectivity index (χ3n) is 7.22. The van der Waals surface area contributed by atoms with Crippen LogP contribution in [0.25, 0.3) is 0 Å². The minimum absolute atomic E-state index is 0. The fourth-order valence-electron chi connectivity index (χ4n) is 4.77. The van der Waals surface area contributed by atoms with Gasteiger partial charge in [-0.25, -0.2) is 0 Å². The van der Waals surface area contributed by atoms with Crippen molar-refractivity contribution in [3.63, 3.8) is 0 Å². The van der Waals surface area contributed by atoms with Crippen LogP contribution in [0, 0.1) is 0 Å². The Morgan fingerprint density at radius 3 is 1.18 bits per heavy atom. The predicted octanol–water partition coefficient (Wildman–Crippen LogP) is 2.64. The maximum Gasteiger partial charge on any atom is 1.00 e. The Morgan fingerprint density at radius 1 is 0.500 bits per heavy atom. The first-order valence-electron chi connectivity index (χ1n) is 16.4. The van der Waals surface area contributed by atoms with Crippen LogP contribution < -0.4 is 68.9 Å². The van der Waals surface area contributed by atoms with Crippen molar-refractivity contribution in [1.82, 2.24) is 0 Å². The number of phosphoric acid groups is 1. The van der Waals surface area contributed by atoms with Crippen LogP contribution in [0.5, 0.6) is 0 Å². The van der Waals surface area contributed by atoms with Gasteiger partial charge in [0.25, 0.3) is 0 Å². The van der Waals surface area contributed by atoms with E-state index in [-0.39, 0.29) is 72.3 Å². The molecule has 0 aromatic carbocycles. The first-order valence-corrected chi connectivity index (χ1v) is 17.8. The fraction of sp³-hybridized carbons (Fsp3) is 1.00. The van der Waals surface area contributed by atoms with E-state index in [1.807, 2.05) is 0 Å². The summed E-state index contributed by atoms with van der Waals surface area (Å²) in [5.41, 5.74) is 0. The molecule has 0 saturated carbocycles. The Bertz CT molecular complexity index is 510. The molecule has 0 aromatic heterocycles. The van der Waals surface area contributed by atoms with Gasteiger partial charge in [-0.1, -0.05) is 155 Å². The topological polar surface area (TPSA) is 90.9 Å². The summed E-state index contributed by atoms with van der Waals surface area (Å²) < 4.78 is 26.9. The van der Waals surface area contributed by atoms with Crippen LogP contribution in [0.3, 0.4) is 0 Å². The number of unbranched alkanes of at least 4 members (excludes halogenated alkanes) is 22. The largest absolute Gasteiger partial charge is 1.00 e. The molecule has 0 aliphatic rings. The van der Waals surface area contributed by atoms with Gasteiger partial charge in [0.1, 0.15) is 6.10 Å². The van der Waals surface area contributed by atoms with Crippen LogP contribution >= 0.6 is 7.82 Å². The van der Waals surface area contributed by atoms with Crippen LogP contribution in [-0.2, 0) is 18.6 Å². The molecule has 0 bridgehead atoms. The fourth-order valence-corrected chi connectivity index (χ4v) is 5.12. The van der Waals surface area contributed by atoms with Crippen LogP contribution in [-0.4, -0.2) is 32.5 Å². The molecule has 0 radical (unpaired) electrons. The van der Waals surface area contributed by atoms with Crippen molar-refractivity contribution in [1.29, 1.82) is 0 Å². The second-order valence-electron chi connectivity index (χ2n) is 11.1.